The lowest BCUT2D eigenvalue weighted by Gasteiger charge is -2.07. The first-order chi connectivity index (χ1) is 8.60. The van der Waals surface area contributed by atoms with Gasteiger partial charge in [0, 0.05) is 11.9 Å². The minimum atomic E-state index is -0.289. The number of nitrogens with one attached hydrogen (secondary N) is 2. The fourth-order valence-corrected chi connectivity index (χ4v) is 1.86. The van der Waals surface area contributed by atoms with Crippen molar-refractivity contribution in [1.29, 1.82) is 0 Å². The monoisotopic (exact) mass is 284 g/mol. The molecule has 0 aliphatic rings. The fraction of sp³-hybridized carbons (Fsp3) is 0.0833. The van der Waals surface area contributed by atoms with Crippen molar-refractivity contribution in [3.05, 3.63) is 46.2 Å². The van der Waals surface area contributed by atoms with Crippen LogP contribution in [0.3, 0.4) is 0 Å². The van der Waals surface area contributed by atoms with E-state index < -0.39 is 0 Å². The predicted molar refractivity (Wildman–Crippen MR) is 71.8 cm³/mol. The van der Waals surface area contributed by atoms with Crippen LogP contribution in [0.5, 0.6) is 5.75 Å². The van der Waals surface area contributed by atoms with E-state index in [1.807, 2.05) is 0 Å². The molecule has 2 rings (SSSR count). The van der Waals surface area contributed by atoms with Crippen LogP contribution in [0.4, 0.5) is 5.69 Å². The van der Waals surface area contributed by atoms with E-state index in [1.165, 1.54) is 13.3 Å². The molecular weight excluding hydrogens is 275 g/mol. The van der Waals surface area contributed by atoms with Crippen LogP contribution in [-0.2, 0) is 0 Å². The second-order valence-corrected chi connectivity index (χ2v) is 4.38. The van der Waals surface area contributed by atoms with Crippen molar-refractivity contribution in [2.45, 2.75) is 0 Å². The first-order valence-electron chi connectivity index (χ1n) is 5.09. The molecule has 0 bridgehead atoms. The van der Waals surface area contributed by atoms with Gasteiger partial charge in [-0.15, -0.1) is 0 Å². The van der Waals surface area contributed by atoms with Crippen molar-refractivity contribution in [3.63, 3.8) is 0 Å². The molecule has 6 heteroatoms. The third-order valence-electron chi connectivity index (χ3n) is 2.30. The van der Waals surface area contributed by atoms with Gasteiger partial charge in [0.05, 0.1) is 17.2 Å². The van der Waals surface area contributed by atoms with Gasteiger partial charge in [0.15, 0.2) is 0 Å². The summed E-state index contributed by atoms with van der Waals surface area (Å²) in [6.07, 6.45) is 1.54. The summed E-state index contributed by atoms with van der Waals surface area (Å²) in [5, 5.41) is 3.60. The van der Waals surface area contributed by atoms with Crippen LogP contribution < -0.4 is 10.1 Å². The number of methoxy groups -OCH3 is 1. The van der Waals surface area contributed by atoms with E-state index in [4.69, 9.17) is 27.9 Å². The van der Waals surface area contributed by atoms with Crippen molar-refractivity contribution in [3.8, 4) is 5.75 Å². The van der Waals surface area contributed by atoms with E-state index in [2.05, 4.69) is 10.3 Å². The topological polar surface area (TPSA) is 54.1 Å². The standard InChI is InChI=1S/C12H10Cl2N2O2/c1-18-11-3-2-8(5-9(11)14)16-12(17)10-4-7(13)6-15-10/h2-6,15H,1H3,(H,16,17). The molecule has 94 valence electrons. The molecule has 0 atom stereocenters. The number of benzene rings is 1. The zero-order valence-corrected chi connectivity index (χ0v) is 11.0. The summed E-state index contributed by atoms with van der Waals surface area (Å²) in [5.41, 5.74) is 0.962. The Morgan fingerprint density at radius 1 is 1.33 bits per heavy atom. The van der Waals surface area contributed by atoms with Gasteiger partial charge in [-0.05, 0) is 24.3 Å². The largest absolute Gasteiger partial charge is 0.495 e. The number of hydrogen-bond donors (Lipinski definition) is 2. The van der Waals surface area contributed by atoms with E-state index in [-0.39, 0.29) is 5.91 Å². The third-order valence-corrected chi connectivity index (χ3v) is 2.82. The number of H-pyrrole nitrogens is 1. The second-order valence-electron chi connectivity index (χ2n) is 3.54. The maximum Gasteiger partial charge on any atom is 0.272 e. The number of anilines is 1. The summed E-state index contributed by atoms with van der Waals surface area (Å²) in [7, 11) is 1.53. The molecule has 0 saturated heterocycles. The third kappa shape index (κ3) is 2.78. The minimum absolute atomic E-state index is 0.289. The molecule has 1 aromatic heterocycles. The smallest absolute Gasteiger partial charge is 0.272 e. The highest BCUT2D eigenvalue weighted by molar-refractivity contribution is 6.32. The van der Waals surface area contributed by atoms with Crippen molar-refractivity contribution < 1.29 is 9.53 Å². The zero-order chi connectivity index (χ0) is 13.1. The van der Waals surface area contributed by atoms with Gasteiger partial charge >= 0.3 is 0 Å². The summed E-state index contributed by atoms with van der Waals surface area (Å²) < 4.78 is 5.02. The highest BCUT2D eigenvalue weighted by atomic mass is 35.5. The molecule has 0 unspecified atom stereocenters. The Morgan fingerprint density at radius 3 is 2.67 bits per heavy atom. The molecule has 0 aliphatic heterocycles. The predicted octanol–water partition coefficient (Wildman–Crippen LogP) is 3.58. The van der Waals surface area contributed by atoms with Crippen molar-refractivity contribution in [2.75, 3.05) is 12.4 Å². The highest BCUT2D eigenvalue weighted by Gasteiger charge is 2.09. The maximum atomic E-state index is 11.8. The zero-order valence-electron chi connectivity index (χ0n) is 9.46. The average molecular weight is 285 g/mol. The number of aromatic amines is 1. The molecule has 0 radical (unpaired) electrons. The summed E-state index contributed by atoms with van der Waals surface area (Å²) in [6.45, 7) is 0. The normalized spacial score (nSPS) is 10.2. The minimum Gasteiger partial charge on any atom is -0.495 e. The molecule has 0 saturated carbocycles. The summed E-state index contributed by atoms with van der Waals surface area (Å²) >= 11 is 11.7. The molecule has 2 aromatic rings. The van der Waals surface area contributed by atoms with E-state index in [9.17, 15) is 4.79 Å². The summed E-state index contributed by atoms with van der Waals surface area (Å²) in [5.74, 6) is 0.265. The Morgan fingerprint density at radius 2 is 2.11 bits per heavy atom. The Labute approximate surface area is 114 Å². The van der Waals surface area contributed by atoms with Crippen LogP contribution in [0.1, 0.15) is 10.5 Å². The molecule has 0 aliphatic carbocycles. The maximum absolute atomic E-state index is 11.8. The number of ether oxygens (including phenoxy) is 1. The number of hydrogen-bond acceptors (Lipinski definition) is 2. The Bertz CT molecular complexity index is 581. The van der Waals surface area contributed by atoms with Crippen LogP contribution in [0, 0.1) is 0 Å². The molecule has 2 N–H and O–H groups in total. The molecule has 1 aromatic carbocycles. The number of amides is 1. The lowest BCUT2D eigenvalue weighted by molar-refractivity contribution is 0.102. The number of rotatable bonds is 3. The molecule has 4 nitrogen and oxygen atoms in total. The molecular formula is C12H10Cl2N2O2. The van der Waals surface area contributed by atoms with E-state index >= 15 is 0 Å². The second kappa shape index (κ2) is 5.33. The lowest BCUT2D eigenvalue weighted by Crippen LogP contribution is -2.12. The molecule has 0 spiro atoms. The molecule has 0 fully saturated rings. The Hall–Kier alpha value is -1.65. The Kier molecular flexibility index (Phi) is 3.79. The lowest BCUT2D eigenvalue weighted by atomic mass is 10.3. The quantitative estimate of drug-likeness (QED) is 0.905. The average Bonchev–Trinajstić information content (AvgIpc) is 2.76. The molecule has 1 amide bonds. The van der Waals surface area contributed by atoms with Crippen molar-refractivity contribution >= 4 is 34.8 Å². The van der Waals surface area contributed by atoms with Gasteiger partial charge in [0.25, 0.3) is 5.91 Å². The summed E-state index contributed by atoms with van der Waals surface area (Å²) in [4.78, 5) is 14.6. The van der Waals surface area contributed by atoms with Gasteiger partial charge < -0.3 is 15.0 Å². The number of carbonyl (C=O) groups excluding carboxylic acids is 1. The SMILES string of the molecule is COc1ccc(NC(=O)c2cc(Cl)c[nH]2)cc1Cl. The molecule has 18 heavy (non-hydrogen) atoms. The number of aromatic nitrogens is 1. The van der Waals surface area contributed by atoms with Crippen LogP contribution in [0.25, 0.3) is 0 Å². The highest BCUT2D eigenvalue weighted by Crippen LogP contribution is 2.27. The first kappa shape index (κ1) is 12.8. The van der Waals surface area contributed by atoms with E-state index in [0.717, 1.165) is 0 Å². The number of halogens is 2. The van der Waals surface area contributed by atoms with Crippen molar-refractivity contribution in [2.24, 2.45) is 0 Å². The molecule has 1 heterocycles. The van der Waals surface area contributed by atoms with Crippen LogP contribution in [-0.4, -0.2) is 18.0 Å². The van der Waals surface area contributed by atoms with E-state index in [0.29, 0.717) is 27.2 Å². The van der Waals surface area contributed by atoms with Crippen LogP contribution in [0.2, 0.25) is 10.0 Å². The van der Waals surface area contributed by atoms with Crippen LogP contribution in [0.15, 0.2) is 30.5 Å². The van der Waals surface area contributed by atoms with Gasteiger partial charge in [-0.3, -0.25) is 4.79 Å². The Balaban J connectivity index is 2.14. The van der Waals surface area contributed by atoms with Gasteiger partial charge in [-0.1, -0.05) is 23.2 Å². The first-order valence-corrected chi connectivity index (χ1v) is 5.84. The van der Waals surface area contributed by atoms with Gasteiger partial charge in [-0.25, -0.2) is 0 Å². The van der Waals surface area contributed by atoms with Gasteiger partial charge in [0.2, 0.25) is 0 Å². The van der Waals surface area contributed by atoms with E-state index in [1.54, 1.807) is 24.3 Å². The summed E-state index contributed by atoms with van der Waals surface area (Å²) in [6, 6.07) is 6.54. The van der Waals surface area contributed by atoms with Gasteiger partial charge in [0.1, 0.15) is 11.4 Å². The van der Waals surface area contributed by atoms with Crippen molar-refractivity contribution in [1.82, 2.24) is 4.98 Å². The van der Waals surface area contributed by atoms with Crippen LogP contribution >= 0.6 is 23.2 Å². The van der Waals surface area contributed by atoms with Gasteiger partial charge in [-0.2, -0.15) is 0 Å². The fourth-order valence-electron chi connectivity index (χ4n) is 1.44. The number of carbonyl (C=O) groups is 1.